The number of rotatable bonds is 6. The standard InChI is InChI=1S/C17H16N4O2S3/c1-10(14(22)19-15(18)23)25-17-21-20-16(26-17)24-9-12-7-4-6-11-5-2-3-8-13(11)12/h2-8,10H,9H2,1H3,(H3,18,19,22,23)/t10-/m1/s1. The van der Waals surface area contributed by atoms with Crippen LogP contribution in [0.4, 0.5) is 4.79 Å². The molecule has 2 aromatic carbocycles. The van der Waals surface area contributed by atoms with Crippen LogP contribution in [0, 0.1) is 0 Å². The molecule has 0 unspecified atom stereocenters. The van der Waals surface area contributed by atoms with E-state index in [1.54, 1.807) is 18.7 Å². The van der Waals surface area contributed by atoms with Gasteiger partial charge in [-0.25, -0.2) is 4.79 Å². The lowest BCUT2D eigenvalue weighted by Gasteiger charge is -2.06. The maximum absolute atomic E-state index is 11.7. The van der Waals surface area contributed by atoms with Crippen LogP contribution in [0.2, 0.25) is 0 Å². The van der Waals surface area contributed by atoms with Crippen molar-refractivity contribution >= 4 is 57.6 Å². The number of carbonyl (C=O) groups is 2. The van der Waals surface area contributed by atoms with Gasteiger partial charge in [-0.3, -0.25) is 10.1 Å². The number of fused-ring (bicyclic) bond motifs is 1. The number of nitrogens with zero attached hydrogens (tertiary/aromatic N) is 2. The van der Waals surface area contributed by atoms with Crippen molar-refractivity contribution in [3.05, 3.63) is 48.0 Å². The van der Waals surface area contributed by atoms with Gasteiger partial charge in [0.1, 0.15) is 0 Å². The molecule has 26 heavy (non-hydrogen) atoms. The first-order valence-electron chi connectivity index (χ1n) is 7.73. The Hall–Kier alpha value is -2.10. The average molecular weight is 405 g/mol. The fraction of sp³-hybridized carbons (Fsp3) is 0.176. The van der Waals surface area contributed by atoms with E-state index in [1.165, 1.54) is 39.4 Å². The second-order valence-corrected chi connectivity index (χ2v) is 9.16. The Balaban J connectivity index is 1.62. The summed E-state index contributed by atoms with van der Waals surface area (Å²) < 4.78 is 1.51. The van der Waals surface area contributed by atoms with Crippen LogP contribution in [0.15, 0.2) is 51.1 Å². The Bertz CT molecular complexity index is 939. The van der Waals surface area contributed by atoms with E-state index < -0.39 is 17.2 Å². The van der Waals surface area contributed by atoms with Crippen LogP contribution >= 0.6 is 34.9 Å². The van der Waals surface area contributed by atoms with Gasteiger partial charge >= 0.3 is 6.03 Å². The predicted molar refractivity (Wildman–Crippen MR) is 106 cm³/mol. The largest absolute Gasteiger partial charge is 0.351 e. The van der Waals surface area contributed by atoms with Crippen molar-refractivity contribution in [2.75, 3.05) is 0 Å². The van der Waals surface area contributed by atoms with Crippen molar-refractivity contribution in [2.45, 2.75) is 26.6 Å². The Kier molecular flexibility index (Phi) is 6.12. The summed E-state index contributed by atoms with van der Waals surface area (Å²) in [6.07, 6.45) is 0. The van der Waals surface area contributed by atoms with Gasteiger partial charge in [-0.05, 0) is 23.3 Å². The van der Waals surface area contributed by atoms with Crippen LogP contribution in [0.1, 0.15) is 12.5 Å². The van der Waals surface area contributed by atoms with E-state index in [4.69, 9.17) is 5.73 Å². The number of aromatic nitrogens is 2. The molecule has 0 aliphatic carbocycles. The number of nitrogens with one attached hydrogen (secondary N) is 1. The van der Waals surface area contributed by atoms with E-state index in [1.807, 2.05) is 12.1 Å². The van der Waals surface area contributed by atoms with Crippen molar-refractivity contribution in [3.8, 4) is 0 Å². The molecule has 1 heterocycles. The van der Waals surface area contributed by atoms with Gasteiger partial charge in [-0.15, -0.1) is 10.2 Å². The number of amides is 3. The van der Waals surface area contributed by atoms with Gasteiger partial charge in [-0.1, -0.05) is 77.3 Å². The van der Waals surface area contributed by atoms with Crippen LogP contribution in [0.25, 0.3) is 10.8 Å². The molecule has 0 fully saturated rings. The number of carbonyl (C=O) groups excluding carboxylic acids is 2. The topological polar surface area (TPSA) is 98.0 Å². The number of urea groups is 1. The number of primary amides is 1. The Morgan fingerprint density at radius 1 is 1.15 bits per heavy atom. The second kappa shape index (κ2) is 8.52. The summed E-state index contributed by atoms with van der Waals surface area (Å²) in [6.45, 7) is 1.69. The molecule has 0 bridgehead atoms. The Morgan fingerprint density at radius 2 is 1.88 bits per heavy atom. The monoisotopic (exact) mass is 404 g/mol. The van der Waals surface area contributed by atoms with Gasteiger partial charge in [0.15, 0.2) is 8.68 Å². The summed E-state index contributed by atoms with van der Waals surface area (Å²) in [5.41, 5.74) is 6.20. The first-order valence-corrected chi connectivity index (χ1v) is 10.4. The van der Waals surface area contributed by atoms with E-state index in [-0.39, 0.29) is 0 Å². The number of hydrogen-bond donors (Lipinski definition) is 2. The zero-order valence-corrected chi connectivity index (χ0v) is 16.3. The fourth-order valence-corrected chi connectivity index (χ4v) is 5.46. The van der Waals surface area contributed by atoms with Crippen molar-refractivity contribution < 1.29 is 9.59 Å². The minimum Gasteiger partial charge on any atom is -0.351 e. The van der Waals surface area contributed by atoms with E-state index in [0.29, 0.717) is 4.34 Å². The molecule has 3 aromatic rings. The smallest absolute Gasteiger partial charge is 0.318 e. The molecular formula is C17H16N4O2S3. The number of benzene rings is 2. The summed E-state index contributed by atoms with van der Waals surface area (Å²) >= 11 is 4.29. The van der Waals surface area contributed by atoms with Crippen molar-refractivity contribution in [2.24, 2.45) is 5.73 Å². The maximum atomic E-state index is 11.7. The summed E-state index contributed by atoms with van der Waals surface area (Å²) in [4.78, 5) is 22.5. The van der Waals surface area contributed by atoms with Crippen molar-refractivity contribution in [1.29, 1.82) is 0 Å². The minimum atomic E-state index is -0.856. The quantitative estimate of drug-likeness (QED) is 0.609. The van der Waals surface area contributed by atoms with Gasteiger partial charge in [-0.2, -0.15) is 0 Å². The summed E-state index contributed by atoms with van der Waals surface area (Å²) in [7, 11) is 0. The zero-order valence-electron chi connectivity index (χ0n) is 13.8. The summed E-state index contributed by atoms with van der Waals surface area (Å²) in [6, 6.07) is 13.7. The molecular weight excluding hydrogens is 388 g/mol. The van der Waals surface area contributed by atoms with Crippen LogP contribution in [-0.2, 0) is 10.5 Å². The van der Waals surface area contributed by atoms with Gasteiger partial charge in [0.2, 0.25) is 5.91 Å². The number of nitrogens with two attached hydrogens (primary N) is 1. The van der Waals surface area contributed by atoms with Gasteiger partial charge in [0, 0.05) is 5.75 Å². The zero-order chi connectivity index (χ0) is 18.5. The number of imide groups is 1. The molecule has 3 rings (SSSR count). The molecule has 6 nitrogen and oxygen atoms in total. The third kappa shape index (κ3) is 4.75. The highest BCUT2D eigenvalue weighted by Crippen LogP contribution is 2.33. The molecule has 0 saturated heterocycles. The first kappa shape index (κ1) is 18.7. The molecule has 9 heteroatoms. The van der Waals surface area contributed by atoms with Crippen LogP contribution < -0.4 is 11.1 Å². The fourth-order valence-electron chi connectivity index (χ4n) is 2.29. The van der Waals surface area contributed by atoms with Crippen molar-refractivity contribution in [1.82, 2.24) is 15.5 Å². The number of thioether (sulfide) groups is 2. The first-order chi connectivity index (χ1) is 12.5. The molecule has 0 saturated carbocycles. The molecule has 1 atom stereocenters. The average Bonchev–Trinajstić information content (AvgIpc) is 3.06. The minimum absolute atomic E-state index is 0.442. The highest BCUT2D eigenvalue weighted by atomic mass is 32.2. The van der Waals surface area contributed by atoms with E-state index >= 15 is 0 Å². The highest BCUT2D eigenvalue weighted by molar-refractivity contribution is 8.03. The lowest BCUT2D eigenvalue weighted by Crippen LogP contribution is -2.39. The Morgan fingerprint density at radius 3 is 2.69 bits per heavy atom. The lowest BCUT2D eigenvalue weighted by molar-refractivity contribution is -0.119. The third-order valence-electron chi connectivity index (χ3n) is 3.51. The van der Waals surface area contributed by atoms with Crippen LogP contribution in [0.3, 0.4) is 0 Å². The maximum Gasteiger partial charge on any atom is 0.318 e. The third-order valence-corrected chi connectivity index (χ3v) is 6.80. The molecule has 1 aromatic heterocycles. The SMILES string of the molecule is C[C@@H](Sc1nnc(SCc2cccc3ccccc23)s1)C(=O)NC(N)=O. The molecule has 3 amide bonds. The van der Waals surface area contributed by atoms with E-state index in [2.05, 4.69) is 45.8 Å². The van der Waals surface area contributed by atoms with E-state index in [9.17, 15) is 9.59 Å². The normalized spacial score (nSPS) is 12.0. The Labute approximate surface area is 163 Å². The van der Waals surface area contributed by atoms with Crippen LogP contribution in [-0.4, -0.2) is 27.4 Å². The van der Waals surface area contributed by atoms with Gasteiger partial charge in [0.05, 0.1) is 5.25 Å². The highest BCUT2D eigenvalue weighted by Gasteiger charge is 2.18. The predicted octanol–water partition coefficient (Wildman–Crippen LogP) is 3.66. The molecule has 134 valence electrons. The summed E-state index contributed by atoms with van der Waals surface area (Å²) in [5.74, 6) is 0.348. The van der Waals surface area contributed by atoms with Crippen LogP contribution in [0.5, 0.6) is 0 Å². The summed E-state index contributed by atoms with van der Waals surface area (Å²) in [5, 5.41) is 12.3. The molecule has 0 aliphatic heterocycles. The molecule has 0 aliphatic rings. The lowest BCUT2D eigenvalue weighted by atomic mass is 10.1. The van der Waals surface area contributed by atoms with Gasteiger partial charge in [0.25, 0.3) is 0 Å². The second-order valence-electron chi connectivity index (χ2n) is 5.37. The van der Waals surface area contributed by atoms with E-state index in [0.717, 1.165) is 10.1 Å². The van der Waals surface area contributed by atoms with Gasteiger partial charge < -0.3 is 5.73 Å². The molecule has 3 N–H and O–H groups in total. The number of hydrogen-bond acceptors (Lipinski definition) is 7. The van der Waals surface area contributed by atoms with Crippen molar-refractivity contribution in [3.63, 3.8) is 0 Å². The molecule has 0 spiro atoms. The molecule has 0 radical (unpaired) electrons.